The SMILES string of the molecule is Cl.Cl.Cn1cc(CCN2CCC(C)(CN)C2)cn1. The van der Waals surface area contributed by atoms with Crippen LogP contribution in [0.4, 0.5) is 0 Å². The molecule has 1 aliphatic rings. The second kappa shape index (κ2) is 7.34. The van der Waals surface area contributed by atoms with E-state index in [4.69, 9.17) is 5.73 Å². The molecule has 1 aromatic heterocycles. The molecule has 106 valence electrons. The third-order valence-corrected chi connectivity index (χ3v) is 3.60. The Morgan fingerprint density at radius 2 is 2.17 bits per heavy atom. The van der Waals surface area contributed by atoms with Gasteiger partial charge in [0.25, 0.3) is 0 Å². The van der Waals surface area contributed by atoms with Crippen LogP contribution in [0, 0.1) is 5.41 Å². The van der Waals surface area contributed by atoms with Gasteiger partial charge in [-0.05, 0) is 36.9 Å². The molecule has 0 radical (unpaired) electrons. The first-order chi connectivity index (χ1) is 7.61. The van der Waals surface area contributed by atoms with E-state index in [-0.39, 0.29) is 24.8 Å². The number of halogens is 2. The normalized spacial score (nSPS) is 23.5. The highest BCUT2D eigenvalue weighted by Gasteiger charge is 2.31. The molecule has 1 fully saturated rings. The molecule has 0 amide bonds. The van der Waals surface area contributed by atoms with Gasteiger partial charge in [-0.2, -0.15) is 5.10 Å². The number of hydrogen-bond donors (Lipinski definition) is 1. The van der Waals surface area contributed by atoms with E-state index in [0.29, 0.717) is 5.41 Å². The molecule has 6 heteroatoms. The molecule has 4 nitrogen and oxygen atoms in total. The number of nitrogens with zero attached hydrogens (tertiary/aromatic N) is 3. The zero-order valence-corrected chi connectivity index (χ0v) is 12.8. The van der Waals surface area contributed by atoms with Crippen LogP contribution in [0.15, 0.2) is 12.4 Å². The molecular formula is C12H24Cl2N4. The van der Waals surface area contributed by atoms with Gasteiger partial charge >= 0.3 is 0 Å². The predicted octanol–water partition coefficient (Wildman–Crippen LogP) is 1.48. The van der Waals surface area contributed by atoms with E-state index in [0.717, 1.165) is 26.1 Å². The highest BCUT2D eigenvalue weighted by Crippen LogP contribution is 2.28. The molecule has 1 saturated heterocycles. The minimum atomic E-state index is 0. The average Bonchev–Trinajstić information content (AvgIpc) is 2.83. The first-order valence-corrected chi connectivity index (χ1v) is 6.01. The molecule has 1 atom stereocenters. The van der Waals surface area contributed by atoms with E-state index in [1.165, 1.54) is 18.5 Å². The summed E-state index contributed by atoms with van der Waals surface area (Å²) < 4.78 is 1.86. The molecule has 0 aromatic carbocycles. The van der Waals surface area contributed by atoms with Gasteiger partial charge in [0, 0.05) is 26.3 Å². The minimum absolute atomic E-state index is 0. The van der Waals surface area contributed by atoms with Crippen molar-refractivity contribution in [2.24, 2.45) is 18.2 Å². The highest BCUT2D eigenvalue weighted by molar-refractivity contribution is 5.85. The number of aryl methyl sites for hydroxylation is 1. The summed E-state index contributed by atoms with van der Waals surface area (Å²) in [5.41, 5.74) is 7.47. The maximum atomic E-state index is 5.80. The molecule has 18 heavy (non-hydrogen) atoms. The van der Waals surface area contributed by atoms with Gasteiger partial charge in [0.2, 0.25) is 0 Å². The van der Waals surface area contributed by atoms with Crippen LogP contribution in [0.25, 0.3) is 0 Å². The van der Waals surface area contributed by atoms with Crippen molar-refractivity contribution in [3.05, 3.63) is 18.0 Å². The highest BCUT2D eigenvalue weighted by atomic mass is 35.5. The Labute approximate surface area is 122 Å². The first kappa shape index (κ1) is 17.7. The van der Waals surface area contributed by atoms with Crippen LogP contribution in [-0.2, 0) is 13.5 Å². The lowest BCUT2D eigenvalue weighted by atomic mass is 9.90. The Bertz CT molecular complexity index is 356. The van der Waals surface area contributed by atoms with Crippen molar-refractivity contribution in [1.29, 1.82) is 0 Å². The van der Waals surface area contributed by atoms with Crippen molar-refractivity contribution in [3.8, 4) is 0 Å². The van der Waals surface area contributed by atoms with E-state index in [1.807, 2.05) is 17.9 Å². The lowest BCUT2D eigenvalue weighted by Gasteiger charge is -2.22. The molecule has 2 heterocycles. The standard InChI is InChI=1S/C12H22N4.2ClH/c1-12(9-13)4-6-16(10-12)5-3-11-7-14-15(2)8-11;;/h7-8H,3-6,9-10,13H2,1-2H3;2*1H. The molecule has 1 aromatic rings. The largest absolute Gasteiger partial charge is 0.330 e. The summed E-state index contributed by atoms with van der Waals surface area (Å²) in [6, 6.07) is 0. The smallest absolute Gasteiger partial charge is 0.0522 e. The van der Waals surface area contributed by atoms with Crippen LogP contribution in [0.3, 0.4) is 0 Å². The van der Waals surface area contributed by atoms with Gasteiger partial charge in [-0.1, -0.05) is 6.92 Å². The van der Waals surface area contributed by atoms with Gasteiger partial charge in [0.15, 0.2) is 0 Å². The lowest BCUT2D eigenvalue weighted by molar-refractivity contribution is 0.283. The summed E-state index contributed by atoms with van der Waals surface area (Å²) in [7, 11) is 1.96. The summed E-state index contributed by atoms with van der Waals surface area (Å²) in [6.45, 7) is 6.55. The molecule has 2 rings (SSSR count). The number of nitrogens with two attached hydrogens (primary N) is 1. The Morgan fingerprint density at radius 3 is 2.67 bits per heavy atom. The van der Waals surface area contributed by atoms with Gasteiger partial charge in [0.05, 0.1) is 6.20 Å². The first-order valence-electron chi connectivity index (χ1n) is 6.01. The number of hydrogen-bond acceptors (Lipinski definition) is 3. The molecule has 0 saturated carbocycles. The van der Waals surface area contributed by atoms with E-state index in [1.54, 1.807) is 0 Å². The van der Waals surface area contributed by atoms with Crippen molar-refractivity contribution in [1.82, 2.24) is 14.7 Å². The summed E-state index contributed by atoms with van der Waals surface area (Å²) in [5.74, 6) is 0. The van der Waals surface area contributed by atoms with Crippen LogP contribution in [0.5, 0.6) is 0 Å². The number of likely N-dealkylation sites (tertiary alicyclic amines) is 1. The minimum Gasteiger partial charge on any atom is -0.330 e. The molecule has 1 unspecified atom stereocenters. The van der Waals surface area contributed by atoms with Crippen LogP contribution < -0.4 is 5.73 Å². The Hall–Kier alpha value is -0.290. The topological polar surface area (TPSA) is 47.1 Å². The third-order valence-electron chi connectivity index (χ3n) is 3.60. The number of aromatic nitrogens is 2. The van der Waals surface area contributed by atoms with E-state index in [2.05, 4.69) is 23.1 Å². The van der Waals surface area contributed by atoms with Crippen LogP contribution in [0.1, 0.15) is 18.9 Å². The van der Waals surface area contributed by atoms with Gasteiger partial charge in [-0.25, -0.2) is 0 Å². The molecule has 1 aliphatic heterocycles. The zero-order chi connectivity index (χ0) is 11.6. The second-order valence-electron chi connectivity index (χ2n) is 5.31. The Balaban J connectivity index is 0.00000144. The Morgan fingerprint density at radius 1 is 1.44 bits per heavy atom. The predicted molar refractivity (Wildman–Crippen MR) is 79.6 cm³/mol. The second-order valence-corrected chi connectivity index (χ2v) is 5.31. The summed E-state index contributed by atoms with van der Waals surface area (Å²) in [5, 5.41) is 4.18. The monoisotopic (exact) mass is 294 g/mol. The zero-order valence-electron chi connectivity index (χ0n) is 11.1. The van der Waals surface area contributed by atoms with E-state index in [9.17, 15) is 0 Å². The maximum Gasteiger partial charge on any atom is 0.0522 e. The molecular weight excluding hydrogens is 271 g/mol. The van der Waals surface area contributed by atoms with Gasteiger partial charge < -0.3 is 10.6 Å². The van der Waals surface area contributed by atoms with Crippen molar-refractivity contribution < 1.29 is 0 Å². The quantitative estimate of drug-likeness (QED) is 0.915. The fourth-order valence-electron chi connectivity index (χ4n) is 2.37. The fourth-order valence-corrected chi connectivity index (χ4v) is 2.37. The summed E-state index contributed by atoms with van der Waals surface area (Å²) >= 11 is 0. The van der Waals surface area contributed by atoms with Gasteiger partial charge in [-0.15, -0.1) is 24.8 Å². The Kier molecular flexibility index (Phi) is 7.22. The molecule has 0 bridgehead atoms. The van der Waals surface area contributed by atoms with Crippen LogP contribution in [0.2, 0.25) is 0 Å². The lowest BCUT2D eigenvalue weighted by Crippen LogP contribution is -2.32. The fraction of sp³-hybridized carbons (Fsp3) is 0.750. The van der Waals surface area contributed by atoms with Crippen molar-refractivity contribution in [2.45, 2.75) is 19.8 Å². The molecule has 2 N–H and O–H groups in total. The van der Waals surface area contributed by atoms with Crippen molar-refractivity contribution >= 4 is 24.8 Å². The van der Waals surface area contributed by atoms with Gasteiger partial charge in [-0.3, -0.25) is 4.68 Å². The van der Waals surface area contributed by atoms with Crippen molar-refractivity contribution in [2.75, 3.05) is 26.2 Å². The average molecular weight is 295 g/mol. The van der Waals surface area contributed by atoms with E-state index < -0.39 is 0 Å². The summed E-state index contributed by atoms with van der Waals surface area (Å²) in [6.07, 6.45) is 6.38. The van der Waals surface area contributed by atoms with Crippen molar-refractivity contribution in [3.63, 3.8) is 0 Å². The third kappa shape index (κ3) is 4.43. The molecule has 0 aliphatic carbocycles. The van der Waals surface area contributed by atoms with E-state index >= 15 is 0 Å². The van der Waals surface area contributed by atoms with Crippen LogP contribution >= 0.6 is 24.8 Å². The molecule has 0 spiro atoms. The summed E-state index contributed by atoms with van der Waals surface area (Å²) in [4.78, 5) is 2.51. The van der Waals surface area contributed by atoms with Gasteiger partial charge in [0.1, 0.15) is 0 Å². The van der Waals surface area contributed by atoms with Crippen LogP contribution in [-0.4, -0.2) is 40.9 Å². The maximum absolute atomic E-state index is 5.80. The number of rotatable bonds is 4.